The molecule has 5 nitrogen and oxygen atoms in total. The van der Waals surface area contributed by atoms with E-state index >= 15 is 0 Å². The highest BCUT2D eigenvalue weighted by atomic mass is 32.1. The maximum atomic E-state index is 13.3. The molecule has 2 saturated heterocycles. The number of nitrogens with zero attached hydrogens (tertiary/aromatic N) is 1. The topological polar surface area (TPSA) is 59.1 Å². The zero-order valence-corrected chi connectivity index (χ0v) is 17.5. The molecule has 148 valence electrons. The van der Waals surface area contributed by atoms with E-state index in [1.165, 1.54) is 22.7 Å². The highest BCUT2D eigenvalue weighted by molar-refractivity contribution is 7.12. The molecule has 0 aromatic carbocycles. The van der Waals surface area contributed by atoms with E-state index < -0.39 is 11.6 Å². The van der Waals surface area contributed by atoms with Gasteiger partial charge in [-0.3, -0.25) is 0 Å². The summed E-state index contributed by atoms with van der Waals surface area (Å²) >= 11 is 2.76. The van der Waals surface area contributed by atoms with Crippen molar-refractivity contribution in [3.05, 3.63) is 44.8 Å². The number of epoxide rings is 1. The van der Waals surface area contributed by atoms with E-state index in [1.54, 1.807) is 12.1 Å². The normalized spacial score (nSPS) is 39.6. The van der Waals surface area contributed by atoms with Crippen molar-refractivity contribution in [1.29, 1.82) is 0 Å². The second kappa shape index (κ2) is 5.46. The molecule has 6 rings (SSSR count). The van der Waals surface area contributed by atoms with Crippen LogP contribution in [-0.4, -0.2) is 60.6 Å². The van der Waals surface area contributed by atoms with Gasteiger partial charge in [-0.15, -0.1) is 22.7 Å². The van der Waals surface area contributed by atoms with E-state index in [1.807, 2.05) is 22.9 Å². The largest absolute Gasteiger partial charge is 0.460 e. The molecule has 6 unspecified atom stereocenters. The number of carbonyl (C=O) groups is 1. The van der Waals surface area contributed by atoms with Crippen LogP contribution in [0.2, 0.25) is 0 Å². The maximum absolute atomic E-state index is 13.3. The molecule has 2 aliphatic heterocycles. The molecular weight excluding hydrogens is 394 g/mol. The van der Waals surface area contributed by atoms with Gasteiger partial charge < -0.3 is 19.1 Å². The molecule has 7 heteroatoms. The van der Waals surface area contributed by atoms with E-state index in [0.29, 0.717) is 33.9 Å². The number of esters is 1. The Morgan fingerprint density at radius 2 is 1.96 bits per heavy atom. The Labute approximate surface area is 172 Å². The molecular formula is C21H24NO4S2+. The van der Waals surface area contributed by atoms with Gasteiger partial charge in [-0.1, -0.05) is 12.1 Å². The summed E-state index contributed by atoms with van der Waals surface area (Å²) in [5, 5.41) is 15.2. The molecule has 0 bridgehead atoms. The molecule has 4 aliphatic rings. The molecule has 2 aliphatic carbocycles. The second-order valence-corrected chi connectivity index (χ2v) is 11.3. The zero-order chi connectivity index (χ0) is 19.3. The van der Waals surface area contributed by atoms with Gasteiger partial charge in [0.05, 0.1) is 35.8 Å². The van der Waals surface area contributed by atoms with Crippen molar-refractivity contribution in [1.82, 2.24) is 0 Å². The summed E-state index contributed by atoms with van der Waals surface area (Å²) in [5.41, 5.74) is -1.55. The van der Waals surface area contributed by atoms with Crippen LogP contribution in [0.4, 0.5) is 0 Å². The van der Waals surface area contributed by atoms with Crippen LogP contribution in [-0.2, 0) is 19.9 Å². The first-order valence-corrected chi connectivity index (χ1v) is 11.6. The van der Waals surface area contributed by atoms with Crippen molar-refractivity contribution in [2.24, 2.45) is 11.3 Å². The minimum Gasteiger partial charge on any atom is -0.460 e. The minimum atomic E-state index is -1.72. The van der Waals surface area contributed by atoms with E-state index in [2.05, 4.69) is 14.1 Å². The number of rotatable bonds is 4. The predicted molar refractivity (Wildman–Crippen MR) is 106 cm³/mol. The molecule has 2 aromatic heterocycles. The van der Waals surface area contributed by atoms with Crippen LogP contribution < -0.4 is 0 Å². The number of hydrogen-bond donors (Lipinski definition) is 1. The average molecular weight is 419 g/mol. The molecule has 28 heavy (non-hydrogen) atoms. The van der Waals surface area contributed by atoms with E-state index in [0.717, 1.165) is 23.9 Å². The quantitative estimate of drug-likeness (QED) is 0.471. The predicted octanol–water partition coefficient (Wildman–Crippen LogP) is 2.59. The van der Waals surface area contributed by atoms with Gasteiger partial charge in [0.2, 0.25) is 5.60 Å². The summed E-state index contributed by atoms with van der Waals surface area (Å²) in [5.74, 6) is -0.0118. The number of hydrogen-bond acceptors (Lipinski definition) is 6. The molecule has 4 fully saturated rings. The summed E-state index contributed by atoms with van der Waals surface area (Å²) in [4.78, 5) is 14.5. The Bertz CT molecular complexity index is 890. The number of likely N-dealkylation sites (N-methyl/N-ethyl adjacent to an activating group) is 1. The number of carbonyl (C=O) groups excluding carboxylic acids is 1. The highest BCUT2D eigenvalue weighted by Gasteiger charge is 2.86. The number of quaternary nitrogens is 1. The van der Waals surface area contributed by atoms with Gasteiger partial charge in [-0.05, 0) is 35.7 Å². The molecule has 1 spiro atoms. The maximum Gasteiger partial charge on any atom is 0.349 e. The summed E-state index contributed by atoms with van der Waals surface area (Å²) in [6.45, 7) is 1.12. The first-order chi connectivity index (χ1) is 13.4. The van der Waals surface area contributed by atoms with Crippen LogP contribution in [0, 0.1) is 11.3 Å². The fourth-order valence-electron chi connectivity index (χ4n) is 6.64. The smallest absolute Gasteiger partial charge is 0.349 e. The van der Waals surface area contributed by atoms with Gasteiger partial charge in [-0.25, -0.2) is 4.79 Å². The summed E-state index contributed by atoms with van der Waals surface area (Å²) < 4.78 is 13.0. The Morgan fingerprint density at radius 3 is 2.57 bits per heavy atom. The van der Waals surface area contributed by atoms with Crippen LogP contribution in [0.15, 0.2) is 35.0 Å². The van der Waals surface area contributed by atoms with E-state index in [9.17, 15) is 9.90 Å². The SMILES string of the molecule is C[N+]1(C)CC2CC(OC(=O)C(O)(c3cccs3)c3cccs3)CC23C2OC2C31. The van der Waals surface area contributed by atoms with Crippen molar-refractivity contribution >= 4 is 28.6 Å². The van der Waals surface area contributed by atoms with Gasteiger partial charge in [-0.2, -0.15) is 0 Å². The lowest BCUT2D eigenvalue weighted by atomic mass is 9.61. The number of thiophene rings is 2. The molecule has 2 aromatic rings. The van der Waals surface area contributed by atoms with Gasteiger partial charge in [0.1, 0.15) is 24.4 Å². The van der Waals surface area contributed by atoms with E-state index in [4.69, 9.17) is 9.47 Å². The summed E-state index contributed by atoms with van der Waals surface area (Å²) in [7, 11) is 4.60. The first-order valence-electron chi connectivity index (χ1n) is 9.87. The van der Waals surface area contributed by atoms with Gasteiger partial charge in [0, 0.05) is 5.92 Å². The van der Waals surface area contributed by atoms with Crippen molar-refractivity contribution in [2.45, 2.75) is 42.8 Å². The molecule has 2 saturated carbocycles. The fraction of sp³-hybridized carbons (Fsp3) is 0.571. The summed E-state index contributed by atoms with van der Waals surface area (Å²) in [6.07, 6.45) is 2.36. The standard InChI is InChI=1S/C21H24NO4S2/c1-22(2)11-12-9-13(10-20(12)17(22)16-18(20)26-16)25-19(23)21(24,14-5-3-7-27-14)15-6-4-8-28-15/h3-8,12-13,16-18,24H,9-11H2,1-2H3/q+1. The van der Waals surface area contributed by atoms with Crippen molar-refractivity contribution in [2.75, 3.05) is 20.6 Å². The third kappa shape index (κ3) is 2.04. The average Bonchev–Trinajstić information content (AvgIpc) is 3.16. The highest BCUT2D eigenvalue weighted by Crippen LogP contribution is 2.72. The lowest BCUT2D eigenvalue weighted by Crippen LogP contribution is -2.62. The van der Waals surface area contributed by atoms with Crippen molar-refractivity contribution in [3.63, 3.8) is 0 Å². The minimum absolute atomic E-state index is 0.142. The Morgan fingerprint density at radius 1 is 1.29 bits per heavy atom. The monoisotopic (exact) mass is 418 g/mol. The van der Waals surface area contributed by atoms with Crippen molar-refractivity contribution in [3.8, 4) is 0 Å². The van der Waals surface area contributed by atoms with Crippen LogP contribution in [0.25, 0.3) is 0 Å². The molecule has 1 N–H and O–H groups in total. The number of likely N-dealkylation sites (tertiary alicyclic amines) is 1. The van der Waals surface area contributed by atoms with Gasteiger partial charge in [0.25, 0.3) is 0 Å². The van der Waals surface area contributed by atoms with Gasteiger partial charge in [0.15, 0.2) is 0 Å². The van der Waals surface area contributed by atoms with Crippen LogP contribution >= 0.6 is 22.7 Å². The Kier molecular flexibility index (Phi) is 3.43. The Balaban J connectivity index is 1.26. The molecule has 4 heterocycles. The molecule has 6 atom stereocenters. The first kappa shape index (κ1) is 17.6. The van der Waals surface area contributed by atoms with Crippen LogP contribution in [0.3, 0.4) is 0 Å². The lowest BCUT2D eigenvalue weighted by molar-refractivity contribution is -0.910. The van der Waals surface area contributed by atoms with Gasteiger partial charge >= 0.3 is 5.97 Å². The molecule has 0 amide bonds. The lowest BCUT2D eigenvalue weighted by Gasteiger charge is -2.44. The fourth-order valence-corrected chi connectivity index (χ4v) is 8.35. The Hall–Kier alpha value is -1.25. The molecule has 0 radical (unpaired) electrons. The summed E-state index contributed by atoms with van der Waals surface area (Å²) in [6, 6.07) is 7.85. The second-order valence-electron chi connectivity index (χ2n) is 9.37. The van der Waals surface area contributed by atoms with E-state index in [-0.39, 0.29) is 11.5 Å². The third-order valence-electron chi connectivity index (χ3n) is 7.57. The van der Waals surface area contributed by atoms with Crippen LogP contribution in [0.1, 0.15) is 22.6 Å². The number of aliphatic hydroxyl groups is 1. The number of fused-ring (bicyclic) bond motifs is 2. The van der Waals surface area contributed by atoms with Crippen LogP contribution in [0.5, 0.6) is 0 Å². The van der Waals surface area contributed by atoms with Crippen molar-refractivity contribution < 1.29 is 23.9 Å². The third-order valence-corrected chi connectivity index (χ3v) is 9.53. The number of ether oxygens (including phenoxy) is 2. The zero-order valence-electron chi connectivity index (χ0n) is 15.9.